The van der Waals surface area contributed by atoms with Crippen LogP contribution < -0.4 is 5.43 Å². The summed E-state index contributed by atoms with van der Waals surface area (Å²) in [5, 5.41) is 25.8. The third-order valence-corrected chi connectivity index (χ3v) is 3.76. The van der Waals surface area contributed by atoms with E-state index in [9.17, 15) is 15.0 Å². The molecule has 3 rings (SSSR count). The van der Waals surface area contributed by atoms with Gasteiger partial charge in [-0.15, -0.1) is 0 Å². The average Bonchev–Trinajstić information content (AvgIpc) is 2.60. The molecule has 0 radical (unpaired) electrons. The van der Waals surface area contributed by atoms with Crippen LogP contribution in [0, 0.1) is 0 Å². The Morgan fingerprint density at radius 3 is 2.42 bits per heavy atom. The third kappa shape index (κ3) is 2.92. The van der Waals surface area contributed by atoms with Crippen molar-refractivity contribution in [3.05, 3.63) is 71.8 Å². The van der Waals surface area contributed by atoms with Crippen LogP contribution in [-0.2, 0) is 0 Å². The molecule has 0 spiro atoms. The lowest BCUT2D eigenvalue weighted by molar-refractivity contribution is 0.0952. The van der Waals surface area contributed by atoms with E-state index in [1.54, 1.807) is 25.1 Å². The van der Waals surface area contributed by atoms with Gasteiger partial charge in [-0.05, 0) is 30.5 Å². The Kier molecular flexibility index (Phi) is 4.16. The van der Waals surface area contributed by atoms with Gasteiger partial charge in [-0.25, -0.2) is 5.43 Å². The topological polar surface area (TPSA) is 81.9 Å². The molecule has 0 saturated heterocycles. The van der Waals surface area contributed by atoms with Crippen molar-refractivity contribution in [2.45, 2.75) is 6.92 Å². The smallest absolute Gasteiger partial charge is 0.275 e. The molecule has 24 heavy (non-hydrogen) atoms. The van der Waals surface area contributed by atoms with Crippen molar-refractivity contribution in [1.82, 2.24) is 5.43 Å². The van der Waals surface area contributed by atoms with E-state index in [-0.39, 0.29) is 17.1 Å². The van der Waals surface area contributed by atoms with Crippen molar-refractivity contribution in [2.24, 2.45) is 5.10 Å². The van der Waals surface area contributed by atoms with E-state index in [4.69, 9.17) is 0 Å². The largest absolute Gasteiger partial charge is 0.507 e. The number of nitrogens with one attached hydrogen (secondary N) is 1. The SMILES string of the molecule is CC(=NNC(=O)c1ccccc1O)c1ccc2ccccc2c1O. The van der Waals surface area contributed by atoms with Crippen molar-refractivity contribution in [2.75, 3.05) is 0 Å². The van der Waals surface area contributed by atoms with Crippen LogP contribution >= 0.6 is 0 Å². The number of para-hydroxylation sites is 1. The highest BCUT2D eigenvalue weighted by Gasteiger charge is 2.11. The van der Waals surface area contributed by atoms with E-state index in [2.05, 4.69) is 10.5 Å². The molecule has 3 aromatic carbocycles. The van der Waals surface area contributed by atoms with Crippen molar-refractivity contribution < 1.29 is 15.0 Å². The lowest BCUT2D eigenvalue weighted by atomic mass is 10.0. The molecule has 0 unspecified atom stereocenters. The Labute approximate surface area is 138 Å². The lowest BCUT2D eigenvalue weighted by Crippen LogP contribution is -2.19. The van der Waals surface area contributed by atoms with Gasteiger partial charge in [0.1, 0.15) is 11.5 Å². The zero-order valence-corrected chi connectivity index (χ0v) is 13.0. The number of nitrogens with zero attached hydrogens (tertiary/aromatic N) is 1. The van der Waals surface area contributed by atoms with E-state index < -0.39 is 5.91 Å². The maximum atomic E-state index is 12.1. The lowest BCUT2D eigenvalue weighted by Gasteiger charge is -2.08. The van der Waals surface area contributed by atoms with Crippen LogP contribution in [0.5, 0.6) is 11.5 Å². The van der Waals surface area contributed by atoms with E-state index in [0.29, 0.717) is 11.3 Å². The van der Waals surface area contributed by atoms with Gasteiger partial charge in [0.05, 0.1) is 11.3 Å². The molecule has 5 heteroatoms. The Morgan fingerprint density at radius 1 is 0.917 bits per heavy atom. The normalized spacial score (nSPS) is 11.5. The quantitative estimate of drug-likeness (QED) is 0.511. The van der Waals surface area contributed by atoms with Gasteiger partial charge in [-0.1, -0.05) is 42.5 Å². The van der Waals surface area contributed by atoms with Crippen LogP contribution in [0.2, 0.25) is 0 Å². The predicted molar refractivity (Wildman–Crippen MR) is 93.4 cm³/mol. The predicted octanol–water partition coefficient (Wildman–Crippen LogP) is 3.41. The third-order valence-electron chi connectivity index (χ3n) is 3.76. The minimum atomic E-state index is -0.521. The van der Waals surface area contributed by atoms with Gasteiger partial charge in [0.2, 0.25) is 0 Å². The maximum absolute atomic E-state index is 12.1. The number of hydrogen-bond acceptors (Lipinski definition) is 4. The van der Waals surface area contributed by atoms with Crippen LogP contribution in [0.3, 0.4) is 0 Å². The zero-order valence-electron chi connectivity index (χ0n) is 13.0. The summed E-state index contributed by atoms with van der Waals surface area (Å²) >= 11 is 0. The number of carbonyl (C=O) groups is 1. The van der Waals surface area contributed by atoms with Crippen LogP contribution in [0.25, 0.3) is 10.8 Å². The summed E-state index contributed by atoms with van der Waals surface area (Å²) in [5.41, 5.74) is 3.52. The van der Waals surface area contributed by atoms with Gasteiger partial charge >= 0.3 is 0 Å². The zero-order chi connectivity index (χ0) is 17.1. The van der Waals surface area contributed by atoms with Crippen LogP contribution in [0.4, 0.5) is 0 Å². The van der Waals surface area contributed by atoms with E-state index in [1.165, 1.54) is 12.1 Å². The molecule has 0 heterocycles. The van der Waals surface area contributed by atoms with Gasteiger partial charge in [0.25, 0.3) is 5.91 Å². The molecule has 5 nitrogen and oxygen atoms in total. The summed E-state index contributed by atoms with van der Waals surface area (Å²) in [6, 6.07) is 17.3. The molecule has 0 aromatic heterocycles. The number of amides is 1. The van der Waals surface area contributed by atoms with Gasteiger partial charge < -0.3 is 10.2 Å². The first-order chi connectivity index (χ1) is 11.6. The number of phenols is 2. The number of aromatic hydroxyl groups is 2. The molecular weight excluding hydrogens is 304 g/mol. The molecule has 0 saturated carbocycles. The number of fused-ring (bicyclic) bond motifs is 1. The second-order valence-corrected chi connectivity index (χ2v) is 5.34. The molecular formula is C19H16N2O3. The summed E-state index contributed by atoms with van der Waals surface area (Å²) in [6.07, 6.45) is 0. The molecule has 0 atom stereocenters. The fourth-order valence-electron chi connectivity index (χ4n) is 2.47. The molecule has 3 aromatic rings. The summed E-state index contributed by atoms with van der Waals surface area (Å²) in [7, 11) is 0. The molecule has 0 aliphatic carbocycles. The minimum Gasteiger partial charge on any atom is -0.507 e. The van der Waals surface area contributed by atoms with E-state index >= 15 is 0 Å². The maximum Gasteiger partial charge on any atom is 0.275 e. The minimum absolute atomic E-state index is 0.114. The van der Waals surface area contributed by atoms with Crippen LogP contribution in [-0.4, -0.2) is 21.8 Å². The second kappa shape index (κ2) is 6.42. The van der Waals surface area contributed by atoms with Crippen molar-refractivity contribution in [1.29, 1.82) is 0 Å². The molecule has 3 N–H and O–H groups in total. The Balaban J connectivity index is 1.88. The number of hydrogen-bond donors (Lipinski definition) is 3. The average molecular weight is 320 g/mol. The number of hydrazone groups is 1. The molecule has 0 aliphatic rings. The summed E-state index contributed by atoms with van der Waals surface area (Å²) < 4.78 is 0. The fourth-order valence-corrected chi connectivity index (χ4v) is 2.47. The second-order valence-electron chi connectivity index (χ2n) is 5.34. The molecule has 0 fully saturated rings. The summed E-state index contributed by atoms with van der Waals surface area (Å²) in [6.45, 7) is 1.69. The van der Waals surface area contributed by atoms with Gasteiger partial charge in [0.15, 0.2) is 0 Å². The van der Waals surface area contributed by atoms with Crippen molar-refractivity contribution in [3.63, 3.8) is 0 Å². The number of phenolic OH excluding ortho intramolecular Hbond substituents is 2. The highest BCUT2D eigenvalue weighted by atomic mass is 16.3. The van der Waals surface area contributed by atoms with E-state index in [1.807, 2.05) is 30.3 Å². The van der Waals surface area contributed by atoms with Crippen LogP contribution in [0.15, 0.2) is 65.8 Å². The van der Waals surface area contributed by atoms with Gasteiger partial charge in [-0.2, -0.15) is 5.10 Å². The first-order valence-corrected chi connectivity index (χ1v) is 7.41. The number of carbonyl (C=O) groups excluding carboxylic acids is 1. The van der Waals surface area contributed by atoms with Crippen LogP contribution in [0.1, 0.15) is 22.8 Å². The Bertz CT molecular complexity index is 948. The number of rotatable bonds is 3. The monoisotopic (exact) mass is 320 g/mol. The molecule has 120 valence electrons. The number of benzene rings is 3. The first kappa shape index (κ1) is 15.6. The van der Waals surface area contributed by atoms with E-state index in [0.717, 1.165) is 10.8 Å². The molecule has 1 amide bonds. The fraction of sp³-hybridized carbons (Fsp3) is 0.0526. The Morgan fingerprint density at radius 2 is 1.62 bits per heavy atom. The molecule has 0 aliphatic heterocycles. The van der Waals surface area contributed by atoms with Gasteiger partial charge in [0, 0.05) is 10.9 Å². The van der Waals surface area contributed by atoms with Crippen molar-refractivity contribution in [3.8, 4) is 11.5 Å². The standard InChI is InChI=1S/C19H16N2O3/c1-12(20-21-19(24)16-8-4-5-9-17(16)22)14-11-10-13-6-2-3-7-15(13)18(14)23/h2-11,22-23H,1H3,(H,21,24). The van der Waals surface area contributed by atoms with Crippen molar-refractivity contribution >= 4 is 22.4 Å². The highest BCUT2D eigenvalue weighted by Crippen LogP contribution is 2.28. The van der Waals surface area contributed by atoms with Gasteiger partial charge in [-0.3, -0.25) is 4.79 Å². The highest BCUT2D eigenvalue weighted by molar-refractivity contribution is 6.07. The summed E-state index contributed by atoms with van der Waals surface area (Å²) in [5.74, 6) is -0.518. The first-order valence-electron chi connectivity index (χ1n) is 7.41. The Hall–Kier alpha value is -3.34. The molecule has 0 bridgehead atoms. The summed E-state index contributed by atoms with van der Waals surface area (Å²) in [4.78, 5) is 12.1.